The van der Waals surface area contributed by atoms with Crippen LogP contribution in [0.5, 0.6) is 5.75 Å². The molecule has 3 aromatic rings. The number of sulfonamides is 1. The topological polar surface area (TPSA) is 126 Å². The van der Waals surface area contributed by atoms with Crippen molar-refractivity contribution >= 4 is 27.5 Å². The molecule has 0 atom stereocenters. The predicted octanol–water partition coefficient (Wildman–Crippen LogP) is 2.33. The maximum Gasteiger partial charge on any atom is 0.261 e. The SMILES string of the molecule is COc1ccc(NS(=O)(=O)c2ccc(C(=O)NCCC(=O)NCc3ccncc3)cc2)cc1. The Kier molecular flexibility index (Phi) is 7.98. The van der Waals surface area contributed by atoms with Crippen LogP contribution in [0, 0.1) is 0 Å². The van der Waals surface area contributed by atoms with Gasteiger partial charge in [-0.1, -0.05) is 0 Å². The zero-order chi connectivity index (χ0) is 23.7. The number of carbonyl (C=O) groups excluding carboxylic acids is 2. The number of amides is 2. The molecule has 0 unspecified atom stereocenters. The van der Waals surface area contributed by atoms with Crippen LogP contribution in [0.4, 0.5) is 5.69 Å². The number of pyridine rings is 1. The van der Waals surface area contributed by atoms with E-state index in [0.717, 1.165) is 5.56 Å². The van der Waals surface area contributed by atoms with Crippen molar-refractivity contribution in [1.29, 1.82) is 0 Å². The first-order chi connectivity index (χ1) is 15.9. The fourth-order valence-corrected chi connectivity index (χ4v) is 3.90. The number of hydrogen-bond donors (Lipinski definition) is 3. The highest BCUT2D eigenvalue weighted by molar-refractivity contribution is 7.92. The van der Waals surface area contributed by atoms with E-state index >= 15 is 0 Å². The minimum absolute atomic E-state index is 0.0188. The highest BCUT2D eigenvalue weighted by Crippen LogP contribution is 2.19. The van der Waals surface area contributed by atoms with Gasteiger partial charge in [-0.05, 0) is 66.2 Å². The van der Waals surface area contributed by atoms with Gasteiger partial charge in [0.2, 0.25) is 5.91 Å². The molecule has 172 valence electrons. The van der Waals surface area contributed by atoms with Gasteiger partial charge in [0.25, 0.3) is 15.9 Å². The van der Waals surface area contributed by atoms with Gasteiger partial charge in [-0.25, -0.2) is 8.42 Å². The van der Waals surface area contributed by atoms with E-state index < -0.39 is 15.9 Å². The first-order valence-electron chi connectivity index (χ1n) is 10.1. The van der Waals surface area contributed by atoms with Gasteiger partial charge >= 0.3 is 0 Å². The van der Waals surface area contributed by atoms with E-state index in [1.165, 1.54) is 31.4 Å². The van der Waals surface area contributed by atoms with E-state index in [4.69, 9.17) is 4.74 Å². The van der Waals surface area contributed by atoms with Gasteiger partial charge in [-0.3, -0.25) is 19.3 Å². The largest absolute Gasteiger partial charge is 0.497 e. The lowest BCUT2D eigenvalue weighted by Crippen LogP contribution is -2.30. The van der Waals surface area contributed by atoms with Crippen LogP contribution in [0.1, 0.15) is 22.3 Å². The summed E-state index contributed by atoms with van der Waals surface area (Å²) in [6.07, 6.45) is 3.41. The van der Waals surface area contributed by atoms with Gasteiger partial charge in [0.05, 0.1) is 12.0 Å². The lowest BCUT2D eigenvalue weighted by molar-refractivity contribution is -0.121. The number of methoxy groups -OCH3 is 1. The third-order valence-electron chi connectivity index (χ3n) is 4.65. The number of nitrogens with one attached hydrogen (secondary N) is 3. The van der Waals surface area contributed by atoms with Crippen LogP contribution in [0.15, 0.2) is 78.0 Å². The Morgan fingerprint density at radius 3 is 2.21 bits per heavy atom. The molecule has 3 N–H and O–H groups in total. The minimum Gasteiger partial charge on any atom is -0.497 e. The minimum atomic E-state index is -3.81. The highest BCUT2D eigenvalue weighted by atomic mass is 32.2. The predicted molar refractivity (Wildman–Crippen MR) is 123 cm³/mol. The molecule has 0 aliphatic carbocycles. The van der Waals surface area contributed by atoms with E-state index in [-0.39, 0.29) is 29.3 Å². The summed E-state index contributed by atoms with van der Waals surface area (Å²) in [6, 6.07) is 15.6. The molecule has 0 radical (unpaired) electrons. The lowest BCUT2D eigenvalue weighted by Gasteiger charge is -2.10. The van der Waals surface area contributed by atoms with Gasteiger partial charge < -0.3 is 15.4 Å². The monoisotopic (exact) mass is 468 g/mol. The molecule has 0 aliphatic heterocycles. The molecule has 0 saturated heterocycles. The summed E-state index contributed by atoms with van der Waals surface area (Å²) in [5.74, 6) is 0.0155. The molecule has 0 aliphatic rings. The third-order valence-corrected chi connectivity index (χ3v) is 6.04. The second-order valence-corrected chi connectivity index (χ2v) is 8.68. The van der Waals surface area contributed by atoms with Crippen LogP contribution in [0.25, 0.3) is 0 Å². The number of hydrogen-bond acceptors (Lipinski definition) is 6. The zero-order valence-electron chi connectivity index (χ0n) is 17.9. The van der Waals surface area contributed by atoms with Gasteiger partial charge in [-0.2, -0.15) is 0 Å². The van der Waals surface area contributed by atoms with Crippen molar-refractivity contribution in [2.24, 2.45) is 0 Å². The molecule has 0 saturated carbocycles. The Balaban J connectivity index is 1.48. The summed E-state index contributed by atoms with van der Waals surface area (Å²) in [6.45, 7) is 0.538. The molecule has 33 heavy (non-hydrogen) atoms. The summed E-state index contributed by atoms with van der Waals surface area (Å²) in [4.78, 5) is 28.1. The molecule has 0 fully saturated rings. The normalized spacial score (nSPS) is 10.8. The Hall–Kier alpha value is -3.92. The third kappa shape index (κ3) is 7.04. The summed E-state index contributed by atoms with van der Waals surface area (Å²) >= 11 is 0. The standard InChI is InChI=1S/C23H24N4O5S/c1-32-20-6-4-19(5-7-20)27-33(30,31)21-8-2-18(3-9-21)23(29)25-15-12-22(28)26-16-17-10-13-24-14-11-17/h2-11,13-14,27H,12,15-16H2,1H3,(H,25,29)(H,26,28). The lowest BCUT2D eigenvalue weighted by atomic mass is 10.2. The Labute approximate surface area is 192 Å². The Bertz CT molecular complexity index is 1180. The fraction of sp³-hybridized carbons (Fsp3) is 0.174. The average Bonchev–Trinajstić information content (AvgIpc) is 2.83. The van der Waals surface area contributed by atoms with Crippen molar-refractivity contribution in [2.75, 3.05) is 18.4 Å². The van der Waals surface area contributed by atoms with Crippen molar-refractivity contribution in [2.45, 2.75) is 17.9 Å². The van der Waals surface area contributed by atoms with Crippen LogP contribution in [0.3, 0.4) is 0 Å². The highest BCUT2D eigenvalue weighted by Gasteiger charge is 2.15. The molecule has 1 aromatic heterocycles. The van der Waals surface area contributed by atoms with Gasteiger partial charge in [0, 0.05) is 43.2 Å². The molecule has 2 aromatic carbocycles. The van der Waals surface area contributed by atoms with Crippen LogP contribution in [0.2, 0.25) is 0 Å². The maximum absolute atomic E-state index is 12.6. The van der Waals surface area contributed by atoms with Gasteiger partial charge in [0.15, 0.2) is 0 Å². The van der Waals surface area contributed by atoms with Crippen LogP contribution in [-0.4, -0.2) is 38.9 Å². The Morgan fingerprint density at radius 2 is 1.58 bits per heavy atom. The molecule has 0 bridgehead atoms. The number of rotatable bonds is 10. The Morgan fingerprint density at radius 1 is 0.909 bits per heavy atom. The van der Waals surface area contributed by atoms with E-state index in [9.17, 15) is 18.0 Å². The molecule has 0 spiro atoms. The summed E-state index contributed by atoms with van der Waals surface area (Å²) < 4.78 is 32.6. The number of aromatic nitrogens is 1. The molecule has 10 heteroatoms. The van der Waals surface area contributed by atoms with Crippen molar-refractivity contribution in [3.8, 4) is 5.75 Å². The first-order valence-corrected chi connectivity index (χ1v) is 11.6. The van der Waals surface area contributed by atoms with E-state index in [1.807, 2.05) is 0 Å². The molecular weight excluding hydrogens is 444 g/mol. The van der Waals surface area contributed by atoms with E-state index in [0.29, 0.717) is 18.0 Å². The number of benzene rings is 2. The van der Waals surface area contributed by atoms with E-state index in [1.54, 1.807) is 48.8 Å². The smallest absolute Gasteiger partial charge is 0.261 e. The number of ether oxygens (including phenoxy) is 1. The average molecular weight is 469 g/mol. The van der Waals surface area contributed by atoms with E-state index in [2.05, 4.69) is 20.3 Å². The van der Waals surface area contributed by atoms with Crippen molar-refractivity contribution in [1.82, 2.24) is 15.6 Å². The van der Waals surface area contributed by atoms with Crippen LogP contribution in [-0.2, 0) is 21.4 Å². The first kappa shape index (κ1) is 23.7. The fourth-order valence-electron chi connectivity index (χ4n) is 2.84. The molecule has 1 heterocycles. The van der Waals surface area contributed by atoms with Crippen molar-refractivity contribution < 1.29 is 22.7 Å². The second kappa shape index (κ2) is 11.1. The number of anilines is 1. The summed E-state index contributed by atoms with van der Waals surface area (Å²) in [5.41, 5.74) is 1.61. The quantitative estimate of drug-likeness (QED) is 0.419. The molecular formula is C23H24N4O5S. The van der Waals surface area contributed by atoms with Crippen molar-refractivity contribution in [3.63, 3.8) is 0 Å². The number of nitrogens with zero attached hydrogens (tertiary/aromatic N) is 1. The second-order valence-electron chi connectivity index (χ2n) is 7.00. The zero-order valence-corrected chi connectivity index (χ0v) is 18.8. The molecule has 2 amide bonds. The van der Waals surface area contributed by atoms with Gasteiger partial charge in [-0.15, -0.1) is 0 Å². The maximum atomic E-state index is 12.6. The van der Waals surface area contributed by atoms with Crippen molar-refractivity contribution in [3.05, 3.63) is 84.2 Å². The van der Waals surface area contributed by atoms with Gasteiger partial charge in [0.1, 0.15) is 5.75 Å². The van der Waals surface area contributed by atoms with Crippen LogP contribution < -0.4 is 20.1 Å². The number of carbonyl (C=O) groups is 2. The molecule has 9 nitrogen and oxygen atoms in total. The summed E-state index contributed by atoms with van der Waals surface area (Å²) in [7, 11) is -2.29. The van der Waals surface area contributed by atoms with Crippen LogP contribution >= 0.6 is 0 Å². The summed E-state index contributed by atoms with van der Waals surface area (Å²) in [5, 5.41) is 5.41. The molecule has 3 rings (SSSR count).